The van der Waals surface area contributed by atoms with Crippen molar-refractivity contribution in [1.29, 1.82) is 0 Å². The number of nitrogens with zero attached hydrogens (tertiary/aromatic N) is 2. The number of sulfonamides is 1. The molecule has 0 saturated carbocycles. The molecule has 0 bridgehead atoms. The van der Waals surface area contributed by atoms with Crippen molar-refractivity contribution >= 4 is 54.8 Å². The monoisotopic (exact) mass is 484 g/mol. The number of carbonyl (C=O) groups is 2. The van der Waals surface area contributed by atoms with E-state index in [0.29, 0.717) is 12.1 Å². The van der Waals surface area contributed by atoms with Gasteiger partial charge >= 0.3 is 0 Å². The number of anilines is 1. The van der Waals surface area contributed by atoms with Gasteiger partial charge in [0.2, 0.25) is 5.91 Å². The molecule has 28 heavy (non-hydrogen) atoms. The number of halogens is 1. The van der Waals surface area contributed by atoms with Crippen molar-refractivity contribution < 1.29 is 18.0 Å². The summed E-state index contributed by atoms with van der Waals surface area (Å²) in [5.41, 5.74) is -0.400. The molecule has 0 N–H and O–H groups in total. The molecule has 9 heteroatoms. The normalized spacial score (nSPS) is 18.3. The van der Waals surface area contributed by atoms with Crippen LogP contribution in [0.3, 0.4) is 0 Å². The van der Waals surface area contributed by atoms with Gasteiger partial charge in [0.05, 0.1) is 12.1 Å². The van der Waals surface area contributed by atoms with Crippen LogP contribution in [0.15, 0.2) is 50.5 Å². The summed E-state index contributed by atoms with van der Waals surface area (Å²) in [7, 11) is -3.93. The van der Waals surface area contributed by atoms with E-state index >= 15 is 0 Å². The van der Waals surface area contributed by atoms with Crippen LogP contribution in [0, 0.1) is 0 Å². The molecule has 1 aromatic heterocycles. The van der Waals surface area contributed by atoms with Crippen LogP contribution in [0.1, 0.15) is 33.6 Å². The predicted octanol–water partition coefficient (Wildman–Crippen LogP) is 4.02. The second-order valence-electron chi connectivity index (χ2n) is 7.16. The quantitative estimate of drug-likeness (QED) is 0.580. The van der Waals surface area contributed by atoms with Gasteiger partial charge in [-0.2, -0.15) is 4.31 Å². The molecule has 2 heterocycles. The summed E-state index contributed by atoms with van der Waals surface area (Å²) in [6, 6.07) is 8.89. The summed E-state index contributed by atoms with van der Waals surface area (Å²) in [4.78, 5) is 27.0. The van der Waals surface area contributed by atoms with E-state index < -0.39 is 33.4 Å². The number of rotatable bonds is 6. The molecular formula is C19H21BrN2O4S2. The highest BCUT2D eigenvalue weighted by Crippen LogP contribution is 2.36. The highest BCUT2D eigenvalue weighted by molar-refractivity contribution is 9.10. The lowest BCUT2D eigenvalue weighted by Gasteiger charge is -2.39. The molecule has 1 atom stereocenters. The number of hydrogen-bond donors (Lipinski definition) is 0. The lowest BCUT2D eigenvalue weighted by atomic mass is 10.00. The Kier molecular flexibility index (Phi) is 5.82. The van der Waals surface area contributed by atoms with Crippen LogP contribution in [0.4, 0.5) is 5.69 Å². The minimum Gasteiger partial charge on any atom is -0.274 e. The van der Waals surface area contributed by atoms with Crippen molar-refractivity contribution in [3.8, 4) is 0 Å². The lowest BCUT2D eigenvalue weighted by molar-refractivity contribution is -0.122. The minimum absolute atomic E-state index is 0.163. The van der Waals surface area contributed by atoms with Crippen molar-refractivity contribution in [2.24, 2.45) is 0 Å². The van der Waals surface area contributed by atoms with E-state index in [1.807, 2.05) is 6.92 Å². The standard InChI is InChI=1S/C19H21BrN2O4S2/c1-4-19(2,3)22(28(25,26)17-6-5-11-27-17)15-12-16(23)21(18(15)24)14-9-7-13(20)8-10-14/h5-11,15H,4,12H2,1-3H3. The first-order valence-corrected chi connectivity index (χ1v) is 11.9. The van der Waals surface area contributed by atoms with Gasteiger partial charge in [0, 0.05) is 10.0 Å². The highest BCUT2D eigenvalue weighted by atomic mass is 79.9. The van der Waals surface area contributed by atoms with Crippen molar-refractivity contribution in [3.05, 3.63) is 46.3 Å². The maximum atomic E-state index is 13.4. The molecule has 150 valence electrons. The molecule has 1 aromatic carbocycles. The second kappa shape index (κ2) is 7.70. The van der Waals surface area contributed by atoms with Gasteiger partial charge in [-0.05, 0) is 56.0 Å². The summed E-state index contributed by atoms with van der Waals surface area (Å²) < 4.78 is 29.0. The Labute approximate surface area is 177 Å². The third kappa shape index (κ3) is 3.68. The fraction of sp³-hybridized carbons (Fsp3) is 0.368. The lowest BCUT2D eigenvalue weighted by Crippen LogP contribution is -2.55. The summed E-state index contributed by atoms with van der Waals surface area (Å²) in [6.45, 7) is 5.42. The van der Waals surface area contributed by atoms with Gasteiger partial charge in [-0.25, -0.2) is 13.3 Å². The Morgan fingerprint density at radius 1 is 1.21 bits per heavy atom. The van der Waals surface area contributed by atoms with Crippen LogP contribution in [0.2, 0.25) is 0 Å². The third-order valence-corrected chi connectivity index (χ3v) is 8.98. The SMILES string of the molecule is CCC(C)(C)N(C1CC(=O)N(c2ccc(Br)cc2)C1=O)S(=O)(=O)c1cccs1. The topological polar surface area (TPSA) is 74.8 Å². The molecule has 6 nitrogen and oxygen atoms in total. The van der Waals surface area contributed by atoms with Crippen LogP contribution in [-0.2, 0) is 19.6 Å². The zero-order valence-electron chi connectivity index (χ0n) is 15.8. The Morgan fingerprint density at radius 3 is 2.39 bits per heavy atom. The van der Waals surface area contributed by atoms with Gasteiger partial charge < -0.3 is 0 Å². The number of hydrogen-bond acceptors (Lipinski definition) is 5. The molecule has 2 amide bonds. The van der Waals surface area contributed by atoms with E-state index in [9.17, 15) is 18.0 Å². The summed E-state index contributed by atoms with van der Waals surface area (Å²) in [5.74, 6) is -0.926. The molecule has 1 unspecified atom stereocenters. The van der Waals surface area contributed by atoms with Crippen molar-refractivity contribution in [3.63, 3.8) is 0 Å². The number of thiophene rings is 1. The number of carbonyl (C=O) groups excluding carboxylic acids is 2. The van der Waals surface area contributed by atoms with Gasteiger partial charge in [-0.1, -0.05) is 28.9 Å². The number of amides is 2. The van der Waals surface area contributed by atoms with Gasteiger partial charge in [-0.15, -0.1) is 11.3 Å². The smallest absolute Gasteiger partial charge is 0.253 e. The molecule has 0 spiro atoms. The summed E-state index contributed by atoms with van der Waals surface area (Å²) >= 11 is 4.43. The Morgan fingerprint density at radius 2 is 1.86 bits per heavy atom. The largest absolute Gasteiger partial charge is 0.274 e. The fourth-order valence-corrected chi connectivity index (χ4v) is 6.57. The van der Waals surface area contributed by atoms with Crippen LogP contribution in [0.5, 0.6) is 0 Å². The van der Waals surface area contributed by atoms with Crippen LogP contribution < -0.4 is 4.90 Å². The number of imide groups is 1. The fourth-order valence-electron chi connectivity index (χ4n) is 3.24. The zero-order chi connectivity index (χ0) is 20.7. The zero-order valence-corrected chi connectivity index (χ0v) is 19.0. The first-order chi connectivity index (χ1) is 13.1. The molecule has 1 aliphatic heterocycles. The van der Waals surface area contributed by atoms with E-state index in [-0.39, 0.29) is 10.6 Å². The van der Waals surface area contributed by atoms with Crippen molar-refractivity contribution in [1.82, 2.24) is 4.31 Å². The van der Waals surface area contributed by atoms with E-state index in [0.717, 1.165) is 20.7 Å². The maximum Gasteiger partial charge on any atom is 0.253 e. The first-order valence-electron chi connectivity index (χ1n) is 8.80. The van der Waals surface area contributed by atoms with Crippen LogP contribution >= 0.6 is 27.3 Å². The van der Waals surface area contributed by atoms with Crippen molar-refractivity contribution in [2.45, 2.75) is 49.4 Å². The Hall–Kier alpha value is -1.55. The molecule has 1 saturated heterocycles. The summed E-state index contributed by atoms with van der Waals surface area (Å²) in [6.07, 6.45) is 0.316. The number of benzene rings is 1. The molecular weight excluding hydrogens is 464 g/mol. The van der Waals surface area contributed by atoms with Crippen molar-refractivity contribution in [2.75, 3.05) is 4.90 Å². The minimum atomic E-state index is -3.93. The van der Waals surface area contributed by atoms with Gasteiger partial charge in [0.25, 0.3) is 15.9 Å². The average molecular weight is 485 g/mol. The maximum absolute atomic E-state index is 13.4. The average Bonchev–Trinajstić information content (AvgIpc) is 3.26. The Bertz CT molecular complexity index is 985. The second-order valence-corrected chi connectivity index (χ2v) is 11.1. The van der Waals surface area contributed by atoms with E-state index in [1.54, 1.807) is 49.6 Å². The molecule has 1 aliphatic rings. The van der Waals surface area contributed by atoms with Gasteiger partial charge in [-0.3, -0.25) is 9.59 Å². The van der Waals surface area contributed by atoms with E-state index in [4.69, 9.17) is 0 Å². The Balaban J connectivity index is 2.06. The third-order valence-electron chi connectivity index (χ3n) is 4.96. The van der Waals surface area contributed by atoms with Crippen LogP contribution in [-0.4, -0.2) is 36.1 Å². The molecule has 3 rings (SSSR count). The van der Waals surface area contributed by atoms with E-state index in [2.05, 4.69) is 15.9 Å². The molecule has 1 fully saturated rings. The molecule has 2 aromatic rings. The summed E-state index contributed by atoms with van der Waals surface area (Å²) in [5, 5.41) is 1.68. The van der Waals surface area contributed by atoms with Gasteiger partial charge in [0.15, 0.2) is 0 Å². The highest BCUT2D eigenvalue weighted by Gasteiger charge is 2.51. The first kappa shape index (κ1) is 21.2. The van der Waals surface area contributed by atoms with Gasteiger partial charge in [0.1, 0.15) is 10.3 Å². The predicted molar refractivity (Wildman–Crippen MR) is 113 cm³/mol. The van der Waals surface area contributed by atoms with Crippen LogP contribution in [0.25, 0.3) is 0 Å². The molecule has 0 aliphatic carbocycles. The van der Waals surface area contributed by atoms with E-state index in [1.165, 1.54) is 10.4 Å². The molecule has 0 radical (unpaired) electrons.